The lowest BCUT2D eigenvalue weighted by molar-refractivity contribution is 0.480. The lowest BCUT2D eigenvalue weighted by atomic mass is 10.2. The molecule has 7 heteroatoms. The van der Waals surface area contributed by atoms with Crippen molar-refractivity contribution in [1.29, 1.82) is 0 Å². The zero-order valence-corrected chi connectivity index (χ0v) is 13.2. The summed E-state index contributed by atoms with van der Waals surface area (Å²) < 4.78 is 14.0. The first kappa shape index (κ1) is 13.7. The highest BCUT2D eigenvalue weighted by molar-refractivity contribution is 14.1. The molecule has 1 atom stereocenters. The maximum atomic E-state index is 13.1. The summed E-state index contributed by atoms with van der Waals surface area (Å²) in [6, 6.07) is 5.08. The third-order valence-corrected chi connectivity index (χ3v) is 4.20. The predicted octanol–water partition coefficient (Wildman–Crippen LogP) is 2.01. The van der Waals surface area contributed by atoms with Gasteiger partial charge < -0.3 is 10.2 Å². The lowest BCUT2D eigenvalue weighted by Gasteiger charge is -2.30. The van der Waals surface area contributed by atoms with Crippen LogP contribution in [0.5, 0.6) is 0 Å². The van der Waals surface area contributed by atoms with E-state index in [9.17, 15) is 4.39 Å². The van der Waals surface area contributed by atoms with Crippen LogP contribution in [-0.4, -0.2) is 40.9 Å². The van der Waals surface area contributed by atoms with Crippen LogP contribution in [0.2, 0.25) is 0 Å². The average molecular weight is 387 g/mol. The number of H-pyrrole nitrogens is 1. The van der Waals surface area contributed by atoms with Gasteiger partial charge >= 0.3 is 0 Å². The Morgan fingerprint density at radius 3 is 3.05 bits per heavy atom. The van der Waals surface area contributed by atoms with E-state index in [-0.39, 0.29) is 5.82 Å². The highest BCUT2D eigenvalue weighted by Crippen LogP contribution is 2.24. The summed E-state index contributed by atoms with van der Waals surface area (Å²) in [6.45, 7) is 4.85. The molecule has 20 heavy (non-hydrogen) atoms. The molecule has 2 N–H and O–H groups in total. The van der Waals surface area contributed by atoms with E-state index in [0.717, 1.165) is 28.8 Å². The predicted molar refractivity (Wildman–Crippen MR) is 84.2 cm³/mol. The molecular formula is C13H15FIN5. The van der Waals surface area contributed by atoms with Crippen LogP contribution >= 0.6 is 22.6 Å². The minimum absolute atomic E-state index is 0.242. The number of hydrogen-bond donors (Lipinski definition) is 2. The molecule has 0 spiro atoms. The van der Waals surface area contributed by atoms with Crippen LogP contribution in [-0.2, 0) is 0 Å². The number of benzene rings is 1. The molecule has 0 saturated carbocycles. The number of hydrogen-bond acceptors (Lipinski definition) is 4. The van der Waals surface area contributed by atoms with Crippen LogP contribution in [0.1, 0.15) is 6.92 Å². The summed E-state index contributed by atoms with van der Waals surface area (Å²) in [6.07, 6.45) is 0. The standard InChI is InChI=1S/C13H15FIN5/c1-8-7-20(5-4-16-8)13-17-12(18-19-13)10-3-2-9(14)6-11(10)15/h2-3,6,8,16H,4-5,7H2,1H3,(H,17,18,19)/t8-/m0/s1. The second-order valence-corrected chi connectivity index (χ2v) is 6.07. The molecule has 1 saturated heterocycles. The normalized spacial score (nSPS) is 19.4. The van der Waals surface area contributed by atoms with Gasteiger partial charge in [0.15, 0.2) is 5.82 Å². The molecule has 1 fully saturated rings. The van der Waals surface area contributed by atoms with E-state index in [4.69, 9.17) is 0 Å². The van der Waals surface area contributed by atoms with Gasteiger partial charge in [-0.15, -0.1) is 5.10 Å². The van der Waals surface area contributed by atoms with Crippen molar-refractivity contribution in [2.24, 2.45) is 0 Å². The van der Waals surface area contributed by atoms with Crippen molar-refractivity contribution in [3.05, 3.63) is 27.6 Å². The van der Waals surface area contributed by atoms with Gasteiger partial charge in [-0.3, -0.25) is 5.10 Å². The Labute approximate surface area is 130 Å². The first-order valence-electron chi connectivity index (χ1n) is 6.49. The largest absolute Gasteiger partial charge is 0.337 e. The van der Waals surface area contributed by atoms with Crippen molar-refractivity contribution < 1.29 is 4.39 Å². The van der Waals surface area contributed by atoms with Gasteiger partial charge in [0, 0.05) is 34.8 Å². The Morgan fingerprint density at radius 1 is 1.45 bits per heavy atom. The van der Waals surface area contributed by atoms with E-state index in [1.165, 1.54) is 12.1 Å². The Balaban J connectivity index is 1.86. The first-order valence-corrected chi connectivity index (χ1v) is 7.57. The maximum Gasteiger partial charge on any atom is 0.245 e. The zero-order valence-electron chi connectivity index (χ0n) is 11.0. The fraction of sp³-hybridized carbons (Fsp3) is 0.385. The van der Waals surface area contributed by atoms with Gasteiger partial charge in [-0.2, -0.15) is 4.98 Å². The SMILES string of the molecule is C[C@H]1CN(c2n[nH]c(-c3ccc(F)cc3I)n2)CCN1. The van der Waals surface area contributed by atoms with Crippen molar-refractivity contribution in [2.45, 2.75) is 13.0 Å². The van der Waals surface area contributed by atoms with E-state index in [1.54, 1.807) is 6.07 Å². The number of halogens is 2. The second-order valence-electron chi connectivity index (χ2n) is 4.91. The van der Waals surface area contributed by atoms with Crippen LogP contribution in [0.4, 0.5) is 10.3 Å². The van der Waals surface area contributed by atoms with Crippen molar-refractivity contribution >= 4 is 28.5 Å². The molecule has 1 aromatic carbocycles. The Morgan fingerprint density at radius 2 is 2.30 bits per heavy atom. The molecule has 2 heterocycles. The number of nitrogens with one attached hydrogen (secondary N) is 2. The lowest BCUT2D eigenvalue weighted by Crippen LogP contribution is -2.49. The van der Waals surface area contributed by atoms with Gasteiger partial charge in [0.2, 0.25) is 5.95 Å². The molecule has 1 aromatic heterocycles. The molecule has 0 unspecified atom stereocenters. The van der Waals surface area contributed by atoms with Gasteiger partial charge in [-0.25, -0.2) is 4.39 Å². The molecule has 5 nitrogen and oxygen atoms in total. The van der Waals surface area contributed by atoms with E-state index in [2.05, 4.69) is 54.9 Å². The summed E-state index contributed by atoms with van der Waals surface area (Å²) in [5.41, 5.74) is 0.869. The Bertz CT molecular complexity index is 615. The molecular weight excluding hydrogens is 372 g/mol. The first-order chi connectivity index (χ1) is 9.63. The third kappa shape index (κ3) is 2.78. The topological polar surface area (TPSA) is 56.8 Å². The van der Waals surface area contributed by atoms with E-state index in [0.29, 0.717) is 17.8 Å². The summed E-state index contributed by atoms with van der Waals surface area (Å²) in [4.78, 5) is 6.68. The van der Waals surface area contributed by atoms with Gasteiger partial charge in [-0.05, 0) is 47.7 Å². The molecule has 1 aliphatic heterocycles. The van der Waals surface area contributed by atoms with Crippen molar-refractivity contribution in [3.63, 3.8) is 0 Å². The van der Waals surface area contributed by atoms with Crippen LogP contribution in [0.3, 0.4) is 0 Å². The molecule has 0 amide bonds. The van der Waals surface area contributed by atoms with Crippen LogP contribution < -0.4 is 10.2 Å². The van der Waals surface area contributed by atoms with Gasteiger partial charge in [0.25, 0.3) is 0 Å². The number of anilines is 1. The Hall–Kier alpha value is -1.22. The summed E-state index contributed by atoms with van der Waals surface area (Å²) in [7, 11) is 0. The molecule has 106 valence electrons. The number of piperazine rings is 1. The van der Waals surface area contributed by atoms with Crippen molar-refractivity contribution in [2.75, 3.05) is 24.5 Å². The van der Waals surface area contributed by atoms with Crippen LogP contribution in [0, 0.1) is 9.39 Å². The van der Waals surface area contributed by atoms with E-state index < -0.39 is 0 Å². The molecule has 0 radical (unpaired) electrons. The van der Waals surface area contributed by atoms with Crippen molar-refractivity contribution in [1.82, 2.24) is 20.5 Å². The van der Waals surface area contributed by atoms with Crippen LogP contribution in [0.15, 0.2) is 18.2 Å². The van der Waals surface area contributed by atoms with Gasteiger partial charge in [-0.1, -0.05) is 0 Å². The minimum Gasteiger partial charge on any atom is -0.337 e. The smallest absolute Gasteiger partial charge is 0.245 e. The zero-order chi connectivity index (χ0) is 14.1. The van der Waals surface area contributed by atoms with Crippen molar-refractivity contribution in [3.8, 4) is 11.4 Å². The number of aromatic nitrogens is 3. The number of rotatable bonds is 2. The molecule has 0 bridgehead atoms. The summed E-state index contributed by atoms with van der Waals surface area (Å²) in [5, 5.41) is 10.6. The monoisotopic (exact) mass is 387 g/mol. The van der Waals surface area contributed by atoms with Crippen LogP contribution in [0.25, 0.3) is 11.4 Å². The highest BCUT2D eigenvalue weighted by Gasteiger charge is 2.20. The molecule has 2 aromatic rings. The minimum atomic E-state index is -0.242. The fourth-order valence-corrected chi connectivity index (χ4v) is 3.04. The van der Waals surface area contributed by atoms with Gasteiger partial charge in [0.1, 0.15) is 5.82 Å². The number of nitrogens with zero attached hydrogens (tertiary/aromatic N) is 3. The third-order valence-electron chi connectivity index (χ3n) is 3.31. The highest BCUT2D eigenvalue weighted by atomic mass is 127. The van der Waals surface area contributed by atoms with Gasteiger partial charge in [0.05, 0.1) is 0 Å². The molecule has 1 aliphatic rings. The second kappa shape index (κ2) is 5.65. The quantitative estimate of drug-likeness (QED) is 0.775. The van der Waals surface area contributed by atoms with E-state index >= 15 is 0 Å². The average Bonchev–Trinajstić information content (AvgIpc) is 2.88. The van der Waals surface area contributed by atoms with E-state index in [1.807, 2.05) is 0 Å². The summed E-state index contributed by atoms with van der Waals surface area (Å²) >= 11 is 2.11. The Kier molecular flexibility index (Phi) is 3.88. The summed E-state index contributed by atoms with van der Waals surface area (Å²) in [5.74, 6) is 1.14. The fourth-order valence-electron chi connectivity index (χ4n) is 2.31. The number of aromatic amines is 1. The molecule has 0 aliphatic carbocycles. The maximum absolute atomic E-state index is 13.1. The molecule has 3 rings (SSSR count).